The molecule has 0 aromatic heterocycles. The highest BCUT2D eigenvalue weighted by Crippen LogP contribution is 2.45. The van der Waals surface area contributed by atoms with Crippen molar-refractivity contribution in [2.45, 2.75) is 70.5 Å². The number of alkyl halides is 3. The van der Waals surface area contributed by atoms with E-state index in [1.807, 2.05) is 30.9 Å². The number of carbonyl (C=O) groups excluding carboxylic acids is 2. The highest BCUT2D eigenvalue weighted by molar-refractivity contribution is 5.78. The van der Waals surface area contributed by atoms with Gasteiger partial charge in [-0.1, -0.05) is 38.2 Å². The number of halogens is 3. The summed E-state index contributed by atoms with van der Waals surface area (Å²) >= 11 is 0. The van der Waals surface area contributed by atoms with E-state index in [4.69, 9.17) is 4.74 Å². The van der Waals surface area contributed by atoms with Crippen LogP contribution in [0.5, 0.6) is 0 Å². The molecule has 39 heavy (non-hydrogen) atoms. The van der Waals surface area contributed by atoms with Crippen LogP contribution < -0.4 is 10.6 Å². The van der Waals surface area contributed by atoms with E-state index in [9.17, 15) is 22.8 Å². The lowest BCUT2D eigenvalue weighted by Gasteiger charge is -2.43. The quantitative estimate of drug-likeness (QED) is 0.328. The molecule has 1 aromatic rings. The molecule has 2 amide bonds. The largest absolute Gasteiger partial charge is 0.449 e. The van der Waals surface area contributed by atoms with Crippen LogP contribution in [0, 0.1) is 17.8 Å². The van der Waals surface area contributed by atoms with Crippen molar-refractivity contribution in [2.75, 3.05) is 31.6 Å². The van der Waals surface area contributed by atoms with E-state index in [1.54, 1.807) is 6.07 Å². The molecule has 9 heteroatoms. The molecule has 4 rings (SSSR count). The van der Waals surface area contributed by atoms with Crippen molar-refractivity contribution < 1.29 is 27.5 Å². The molecule has 5 atom stereocenters. The Bertz CT molecular complexity index is 1070. The molecule has 0 bridgehead atoms. The van der Waals surface area contributed by atoms with Crippen molar-refractivity contribution >= 4 is 17.7 Å². The number of alkyl carbamates (subject to hydrolysis) is 1. The number of nitrogens with one attached hydrogen (secondary N) is 2. The van der Waals surface area contributed by atoms with Crippen molar-refractivity contribution in [3.8, 4) is 0 Å². The molecule has 214 valence electrons. The van der Waals surface area contributed by atoms with Crippen molar-refractivity contribution in [1.82, 2.24) is 10.2 Å². The topological polar surface area (TPSA) is 70.7 Å². The van der Waals surface area contributed by atoms with Gasteiger partial charge in [-0.3, -0.25) is 4.79 Å². The zero-order valence-electron chi connectivity index (χ0n) is 22.8. The van der Waals surface area contributed by atoms with Gasteiger partial charge in [0, 0.05) is 43.7 Å². The molecular weight excluding hydrogens is 507 g/mol. The van der Waals surface area contributed by atoms with Crippen LogP contribution in [0.3, 0.4) is 0 Å². The maximum absolute atomic E-state index is 13.4. The van der Waals surface area contributed by atoms with Gasteiger partial charge in [-0.05, 0) is 73.6 Å². The highest BCUT2D eigenvalue weighted by atomic mass is 19.4. The molecular formula is C30H40F3N3O3. The Morgan fingerprint density at radius 2 is 2.10 bits per heavy atom. The first-order valence-electron chi connectivity index (χ1n) is 14.1. The first-order valence-corrected chi connectivity index (χ1v) is 14.1. The maximum atomic E-state index is 13.4. The number of anilines is 1. The lowest BCUT2D eigenvalue weighted by Crippen LogP contribution is -2.42. The molecule has 1 saturated heterocycles. The Morgan fingerprint density at radius 3 is 2.79 bits per heavy atom. The summed E-state index contributed by atoms with van der Waals surface area (Å²) in [5.74, 6) is 0.622. The van der Waals surface area contributed by atoms with E-state index in [1.165, 1.54) is 6.07 Å². The summed E-state index contributed by atoms with van der Waals surface area (Å²) in [5.41, 5.74) is 0.870. The zero-order chi connectivity index (χ0) is 28.0. The van der Waals surface area contributed by atoms with Gasteiger partial charge >= 0.3 is 12.3 Å². The van der Waals surface area contributed by atoms with Gasteiger partial charge in [0.05, 0.1) is 12.2 Å². The average Bonchev–Trinajstić information content (AvgIpc) is 3.33. The normalized spacial score (nSPS) is 25.3. The van der Waals surface area contributed by atoms with Crippen LogP contribution in [0.15, 0.2) is 42.5 Å². The molecule has 1 aromatic carbocycles. The molecule has 1 unspecified atom stereocenters. The number of hydrogen-bond donors (Lipinski definition) is 2. The number of allylic oxidation sites excluding steroid dienone is 3. The fraction of sp³-hybridized carbons (Fsp3) is 0.600. The van der Waals surface area contributed by atoms with Gasteiger partial charge in [0.15, 0.2) is 0 Å². The predicted octanol–water partition coefficient (Wildman–Crippen LogP) is 6.51. The average molecular weight is 548 g/mol. The molecule has 1 fully saturated rings. The van der Waals surface area contributed by atoms with E-state index in [-0.39, 0.29) is 42.2 Å². The Labute approximate surface area is 229 Å². The van der Waals surface area contributed by atoms with Crippen LogP contribution in [-0.4, -0.2) is 49.2 Å². The van der Waals surface area contributed by atoms with Crippen LogP contribution in [0.25, 0.3) is 0 Å². The number of amides is 2. The number of hydrogen-bond acceptors (Lipinski definition) is 4. The third-order valence-electron chi connectivity index (χ3n) is 8.31. The summed E-state index contributed by atoms with van der Waals surface area (Å²) < 4.78 is 45.7. The second-order valence-corrected chi connectivity index (χ2v) is 11.2. The summed E-state index contributed by atoms with van der Waals surface area (Å²) in [5, 5.41) is 6.33. The van der Waals surface area contributed by atoms with Gasteiger partial charge in [-0.2, -0.15) is 13.2 Å². The fourth-order valence-corrected chi connectivity index (χ4v) is 6.03. The van der Waals surface area contributed by atoms with Gasteiger partial charge in [0.1, 0.15) is 0 Å². The van der Waals surface area contributed by atoms with Gasteiger partial charge in [-0.15, -0.1) is 0 Å². The van der Waals surface area contributed by atoms with Crippen molar-refractivity contribution in [1.29, 1.82) is 0 Å². The van der Waals surface area contributed by atoms with Gasteiger partial charge < -0.3 is 20.3 Å². The number of rotatable bonds is 10. The number of nitrogens with zero attached hydrogens (tertiary/aromatic N) is 1. The smallest absolute Gasteiger partial charge is 0.416 e. The first kappa shape index (κ1) is 29.0. The van der Waals surface area contributed by atoms with Crippen LogP contribution in [0.1, 0.15) is 69.4 Å². The Kier molecular flexibility index (Phi) is 9.62. The Hall–Kier alpha value is -2.97. The van der Waals surface area contributed by atoms with Crippen LogP contribution >= 0.6 is 0 Å². The van der Waals surface area contributed by atoms with E-state index in [2.05, 4.69) is 22.8 Å². The second kappa shape index (κ2) is 12.9. The molecule has 2 aliphatic heterocycles. The fourth-order valence-electron chi connectivity index (χ4n) is 6.03. The monoisotopic (exact) mass is 547 g/mol. The maximum Gasteiger partial charge on any atom is 0.416 e. The number of likely N-dealkylation sites (tertiary alicyclic amines) is 1. The Balaban J connectivity index is 1.30. The first-order chi connectivity index (χ1) is 18.6. The lowest BCUT2D eigenvalue weighted by molar-refractivity contribution is -0.137. The minimum Gasteiger partial charge on any atom is -0.449 e. The van der Waals surface area contributed by atoms with Gasteiger partial charge in [0.2, 0.25) is 5.91 Å². The van der Waals surface area contributed by atoms with Crippen LogP contribution in [0.4, 0.5) is 23.7 Å². The van der Waals surface area contributed by atoms with E-state index < -0.39 is 17.8 Å². The predicted molar refractivity (Wildman–Crippen MR) is 145 cm³/mol. The number of ether oxygens (including phenoxy) is 1. The molecule has 0 spiro atoms. The molecule has 0 radical (unpaired) electrons. The SMILES string of the molecule is C[C@H](CC[C@@H]1[C@H](C)c2cc(C(F)(F)F)ccc2N[C@H]1C1C=CC=CC1)COC(=O)NCCCN1CCCC1=O. The standard InChI is InChI=1S/C30H40F3N3O3/c1-20(19-39-29(38)34-15-7-17-36-16-6-10-27(36)37)11-13-24-21(2)25-18-23(30(31,32)33)12-14-26(25)35-28(24)22-8-4-3-5-9-22/h3-5,8,12,14,18,20-22,24,28,35H,6-7,9-11,13,15-17,19H2,1-2H3,(H,34,38)/t20-,21+,22?,24-,28+/m1/s1. The second-order valence-electron chi connectivity index (χ2n) is 11.2. The third-order valence-corrected chi connectivity index (χ3v) is 8.31. The lowest BCUT2D eigenvalue weighted by atomic mass is 9.70. The minimum absolute atomic E-state index is 0.0493. The summed E-state index contributed by atoms with van der Waals surface area (Å²) in [7, 11) is 0. The van der Waals surface area contributed by atoms with E-state index in [0.717, 1.165) is 44.0 Å². The number of fused-ring (bicyclic) bond motifs is 1. The van der Waals surface area contributed by atoms with Gasteiger partial charge in [0.25, 0.3) is 0 Å². The zero-order valence-corrected chi connectivity index (χ0v) is 22.8. The summed E-state index contributed by atoms with van der Waals surface area (Å²) in [6.07, 6.45) is 8.22. The minimum atomic E-state index is -4.38. The van der Waals surface area contributed by atoms with Crippen molar-refractivity contribution in [2.24, 2.45) is 17.8 Å². The molecule has 2 N–H and O–H groups in total. The molecule has 6 nitrogen and oxygen atoms in total. The van der Waals surface area contributed by atoms with Crippen molar-refractivity contribution in [3.63, 3.8) is 0 Å². The van der Waals surface area contributed by atoms with Crippen molar-refractivity contribution in [3.05, 3.63) is 53.6 Å². The number of carbonyl (C=O) groups is 2. The molecule has 2 heterocycles. The van der Waals surface area contributed by atoms with Gasteiger partial charge in [-0.25, -0.2) is 4.79 Å². The number of benzene rings is 1. The highest BCUT2D eigenvalue weighted by Gasteiger charge is 2.39. The summed E-state index contributed by atoms with van der Waals surface area (Å²) in [6.45, 7) is 6.22. The molecule has 1 aliphatic carbocycles. The van der Waals surface area contributed by atoms with Crippen LogP contribution in [0.2, 0.25) is 0 Å². The third kappa shape index (κ3) is 7.57. The molecule has 3 aliphatic rings. The summed E-state index contributed by atoms with van der Waals surface area (Å²) in [6, 6.07) is 4.12. The summed E-state index contributed by atoms with van der Waals surface area (Å²) in [4.78, 5) is 25.6. The van der Waals surface area contributed by atoms with E-state index in [0.29, 0.717) is 31.5 Å². The Morgan fingerprint density at radius 1 is 1.28 bits per heavy atom. The van der Waals surface area contributed by atoms with Crippen LogP contribution in [-0.2, 0) is 15.7 Å². The van der Waals surface area contributed by atoms with E-state index >= 15 is 0 Å². The molecule has 0 saturated carbocycles.